The highest BCUT2D eigenvalue weighted by molar-refractivity contribution is 8.13. The molecular weight excluding hydrogens is 394 g/mol. The number of para-hydroxylation sites is 1. The van der Waals surface area contributed by atoms with Gasteiger partial charge in [-0.15, -0.1) is 0 Å². The average molecular weight is 422 g/mol. The van der Waals surface area contributed by atoms with Crippen LogP contribution in [0.15, 0.2) is 47.7 Å². The van der Waals surface area contributed by atoms with Crippen molar-refractivity contribution in [3.63, 3.8) is 0 Å². The summed E-state index contributed by atoms with van der Waals surface area (Å²) in [6.45, 7) is 9.12. The van der Waals surface area contributed by atoms with E-state index in [4.69, 9.17) is 4.99 Å². The van der Waals surface area contributed by atoms with E-state index in [0.29, 0.717) is 18.0 Å². The van der Waals surface area contributed by atoms with Crippen LogP contribution >= 0.6 is 11.8 Å². The van der Waals surface area contributed by atoms with Gasteiger partial charge in [0.2, 0.25) is 0 Å². The Bertz CT molecular complexity index is 1100. The van der Waals surface area contributed by atoms with E-state index in [2.05, 4.69) is 43.8 Å². The molecule has 1 aliphatic heterocycles. The lowest BCUT2D eigenvalue weighted by molar-refractivity contribution is 0.0849. The van der Waals surface area contributed by atoms with E-state index in [-0.39, 0.29) is 11.9 Å². The van der Waals surface area contributed by atoms with Gasteiger partial charge in [-0.2, -0.15) is 5.10 Å². The van der Waals surface area contributed by atoms with Gasteiger partial charge in [-0.3, -0.25) is 9.69 Å². The van der Waals surface area contributed by atoms with Gasteiger partial charge in [0, 0.05) is 29.9 Å². The van der Waals surface area contributed by atoms with Crippen LogP contribution in [0.2, 0.25) is 0 Å². The zero-order chi connectivity index (χ0) is 21.3. The van der Waals surface area contributed by atoms with Crippen LogP contribution in [0.4, 0.5) is 5.69 Å². The third-order valence-electron chi connectivity index (χ3n) is 5.18. The van der Waals surface area contributed by atoms with Gasteiger partial charge in [-0.25, -0.2) is 14.7 Å². The molecule has 7 heteroatoms. The van der Waals surface area contributed by atoms with Gasteiger partial charge in [0.1, 0.15) is 0 Å². The molecule has 0 aliphatic carbocycles. The topological polar surface area (TPSA) is 63.4 Å². The van der Waals surface area contributed by atoms with E-state index in [1.807, 2.05) is 28.9 Å². The average Bonchev–Trinajstić information content (AvgIpc) is 3.17. The lowest BCUT2D eigenvalue weighted by atomic mass is 10.0. The molecule has 2 aromatic heterocycles. The summed E-state index contributed by atoms with van der Waals surface area (Å²) in [5.41, 5.74) is 3.49. The number of rotatable bonds is 4. The molecule has 0 N–H and O–H groups in total. The molecule has 0 bridgehead atoms. The molecule has 0 saturated carbocycles. The number of amidine groups is 1. The SMILES string of the molecule is CC(C)c1ccccc1N=C1SCCCN1C(=O)c1cnc2c(cnn2C(C)C)c1. The summed E-state index contributed by atoms with van der Waals surface area (Å²) in [6.07, 6.45) is 4.38. The van der Waals surface area contributed by atoms with Crippen molar-refractivity contribution in [2.24, 2.45) is 4.99 Å². The zero-order valence-electron chi connectivity index (χ0n) is 17.9. The van der Waals surface area contributed by atoms with E-state index < -0.39 is 0 Å². The van der Waals surface area contributed by atoms with E-state index in [9.17, 15) is 4.79 Å². The minimum Gasteiger partial charge on any atom is -0.287 e. The van der Waals surface area contributed by atoms with Crippen LogP contribution in [0.5, 0.6) is 0 Å². The van der Waals surface area contributed by atoms with Crippen molar-refractivity contribution in [3.05, 3.63) is 53.9 Å². The smallest absolute Gasteiger partial charge is 0.261 e. The van der Waals surface area contributed by atoms with Crippen LogP contribution in [0, 0.1) is 0 Å². The summed E-state index contributed by atoms with van der Waals surface area (Å²) in [7, 11) is 0. The molecule has 4 rings (SSSR count). The van der Waals surface area contributed by atoms with Crippen LogP contribution in [0.1, 0.15) is 62.0 Å². The molecule has 1 aliphatic rings. The summed E-state index contributed by atoms with van der Waals surface area (Å²) in [6, 6.07) is 10.3. The molecule has 0 radical (unpaired) electrons. The molecule has 6 nitrogen and oxygen atoms in total. The number of hydrogen-bond donors (Lipinski definition) is 0. The molecule has 1 fully saturated rings. The number of aromatic nitrogens is 3. The fourth-order valence-electron chi connectivity index (χ4n) is 3.61. The molecule has 156 valence electrons. The molecule has 3 heterocycles. The number of amides is 1. The summed E-state index contributed by atoms with van der Waals surface area (Å²) in [5.74, 6) is 1.27. The minimum absolute atomic E-state index is 0.0605. The third kappa shape index (κ3) is 3.99. The first-order valence-electron chi connectivity index (χ1n) is 10.4. The van der Waals surface area contributed by atoms with Crippen LogP contribution in [-0.2, 0) is 0 Å². The molecule has 0 spiro atoms. The lowest BCUT2D eigenvalue weighted by Gasteiger charge is -2.28. The van der Waals surface area contributed by atoms with Crippen molar-refractivity contribution in [2.45, 2.75) is 46.1 Å². The Hall–Kier alpha value is -2.67. The van der Waals surface area contributed by atoms with Crippen molar-refractivity contribution in [1.29, 1.82) is 0 Å². The fraction of sp³-hybridized carbons (Fsp3) is 0.391. The Balaban J connectivity index is 1.68. The van der Waals surface area contributed by atoms with Crippen molar-refractivity contribution >= 4 is 39.6 Å². The maximum Gasteiger partial charge on any atom is 0.261 e. The predicted octanol–water partition coefficient (Wildman–Crippen LogP) is 5.40. The molecule has 1 amide bonds. The summed E-state index contributed by atoms with van der Waals surface area (Å²) >= 11 is 1.64. The second-order valence-electron chi connectivity index (χ2n) is 8.09. The Morgan fingerprint density at radius 2 is 1.97 bits per heavy atom. The molecule has 1 saturated heterocycles. The highest BCUT2D eigenvalue weighted by Crippen LogP contribution is 2.30. The molecule has 3 aromatic rings. The fourth-order valence-corrected chi connectivity index (χ4v) is 4.56. The third-order valence-corrected chi connectivity index (χ3v) is 6.24. The summed E-state index contributed by atoms with van der Waals surface area (Å²) in [5, 5.41) is 6.05. The molecular formula is C23H27N5OS. The van der Waals surface area contributed by atoms with Gasteiger partial charge in [0.25, 0.3) is 5.91 Å². The first-order valence-corrected chi connectivity index (χ1v) is 11.4. The first kappa shape index (κ1) is 20.6. The standard InChI is InChI=1S/C23H27N5OS/c1-15(2)19-8-5-6-9-20(19)26-23-27(10-7-11-30-23)22(29)18-12-17-14-25-28(16(3)4)21(17)24-13-18/h5-6,8-9,12-16H,7,10-11H2,1-4H3. The summed E-state index contributed by atoms with van der Waals surface area (Å²) < 4.78 is 1.87. The maximum atomic E-state index is 13.4. The lowest BCUT2D eigenvalue weighted by Crippen LogP contribution is -2.39. The van der Waals surface area contributed by atoms with Crippen molar-refractivity contribution in [3.8, 4) is 0 Å². The largest absolute Gasteiger partial charge is 0.287 e. The van der Waals surface area contributed by atoms with E-state index >= 15 is 0 Å². The number of fused-ring (bicyclic) bond motifs is 1. The Morgan fingerprint density at radius 3 is 2.73 bits per heavy atom. The highest BCUT2D eigenvalue weighted by Gasteiger charge is 2.26. The summed E-state index contributed by atoms with van der Waals surface area (Å²) in [4.78, 5) is 24.6. The molecule has 0 unspecified atom stereocenters. The molecule has 1 aromatic carbocycles. The number of pyridine rings is 1. The number of thioether (sulfide) groups is 1. The van der Waals surface area contributed by atoms with Gasteiger partial charge in [-0.1, -0.05) is 43.8 Å². The Kier molecular flexibility index (Phi) is 5.90. The molecule has 0 atom stereocenters. The van der Waals surface area contributed by atoms with Gasteiger partial charge in [-0.05, 0) is 43.9 Å². The number of hydrogen-bond acceptors (Lipinski definition) is 5. The van der Waals surface area contributed by atoms with Crippen molar-refractivity contribution < 1.29 is 4.79 Å². The van der Waals surface area contributed by atoms with Crippen LogP contribution in [-0.4, -0.2) is 43.0 Å². The number of nitrogens with zero attached hydrogens (tertiary/aromatic N) is 5. The van der Waals surface area contributed by atoms with Crippen molar-refractivity contribution in [1.82, 2.24) is 19.7 Å². The molecule has 30 heavy (non-hydrogen) atoms. The van der Waals surface area contributed by atoms with Gasteiger partial charge >= 0.3 is 0 Å². The second kappa shape index (κ2) is 8.60. The zero-order valence-corrected chi connectivity index (χ0v) is 18.7. The van der Waals surface area contributed by atoms with Crippen LogP contribution < -0.4 is 0 Å². The second-order valence-corrected chi connectivity index (χ2v) is 9.15. The quantitative estimate of drug-likeness (QED) is 0.566. The Labute approximate surface area is 181 Å². The van der Waals surface area contributed by atoms with E-state index in [0.717, 1.165) is 34.1 Å². The van der Waals surface area contributed by atoms with Gasteiger partial charge < -0.3 is 0 Å². The van der Waals surface area contributed by atoms with E-state index in [1.165, 1.54) is 5.56 Å². The monoisotopic (exact) mass is 421 g/mol. The van der Waals surface area contributed by atoms with E-state index in [1.54, 1.807) is 29.1 Å². The minimum atomic E-state index is -0.0605. The van der Waals surface area contributed by atoms with Gasteiger partial charge in [0.05, 0.1) is 17.4 Å². The Morgan fingerprint density at radius 1 is 1.17 bits per heavy atom. The normalized spacial score (nSPS) is 16.2. The number of aliphatic imine (C=N–C) groups is 1. The number of benzene rings is 1. The first-order chi connectivity index (χ1) is 14.5. The predicted molar refractivity (Wildman–Crippen MR) is 124 cm³/mol. The highest BCUT2D eigenvalue weighted by atomic mass is 32.2. The van der Waals surface area contributed by atoms with Gasteiger partial charge in [0.15, 0.2) is 10.8 Å². The number of carbonyl (C=O) groups excluding carboxylic acids is 1. The van der Waals surface area contributed by atoms with Crippen molar-refractivity contribution in [2.75, 3.05) is 12.3 Å². The van der Waals surface area contributed by atoms with Crippen LogP contribution in [0.3, 0.4) is 0 Å². The van der Waals surface area contributed by atoms with Crippen LogP contribution in [0.25, 0.3) is 11.0 Å². The number of carbonyl (C=O) groups is 1. The maximum absolute atomic E-state index is 13.4.